The number of nitrogens with one attached hydrogen (secondary N) is 2. The molecule has 5 nitrogen and oxygen atoms in total. The Labute approximate surface area is 166 Å². The van der Waals surface area contributed by atoms with Gasteiger partial charge in [0.05, 0.1) is 0 Å². The Morgan fingerprint density at radius 1 is 1.07 bits per heavy atom. The van der Waals surface area contributed by atoms with Crippen LogP contribution in [0.4, 0.5) is 0 Å². The average molecular weight is 391 g/mol. The molecule has 0 spiro atoms. The standard InChI is InChI=1S/C21H26N2O3.ClH/c1-16-11-12-22-13-20(16)23-21(24)15-26-19-9-7-18(8-10-19)25-14-17-5-3-2-4-6-17;/h2-10,16,20,22H,11-15H2,1H3,(H,23,24);1H. The second-order valence-electron chi connectivity index (χ2n) is 6.68. The highest BCUT2D eigenvalue weighted by Crippen LogP contribution is 2.19. The highest BCUT2D eigenvalue weighted by molar-refractivity contribution is 5.85. The molecule has 1 aliphatic heterocycles. The predicted molar refractivity (Wildman–Crippen MR) is 109 cm³/mol. The van der Waals surface area contributed by atoms with E-state index < -0.39 is 0 Å². The Morgan fingerprint density at radius 2 is 1.74 bits per heavy atom. The summed E-state index contributed by atoms with van der Waals surface area (Å²) in [5.74, 6) is 1.82. The molecule has 1 fully saturated rings. The van der Waals surface area contributed by atoms with Crippen LogP contribution in [0.1, 0.15) is 18.9 Å². The minimum absolute atomic E-state index is 0. The van der Waals surface area contributed by atoms with Crippen LogP contribution in [-0.4, -0.2) is 31.6 Å². The number of ether oxygens (including phenoxy) is 2. The van der Waals surface area contributed by atoms with Crippen molar-refractivity contribution in [1.82, 2.24) is 10.6 Å². The van der Waals surface area contributed by atoms with Crippen molar-refractivity contribution in [2.24, 2.45) is 5.92 Å². The number of rotatable bonds is 7. The maximum atomic E-state index is 12.1. The van der Waals surface area contributed by atoms with Gasteiger partial charge in [-0.1, -0.05) is 37.3 Å². The minimum atomic E-state index is -0.0880. The number of carbonyl (C=O) groups excluding carboxylic acids is 1. The van der Waals surface area contributed by atoms with E-state index in [0.717, 1.165) is 30.8 Å². The van der Waals surface area contributed by atoms with Crippen LogP contribution < -0.4 is 20.1 Å². The fraction of sp³-hybridized carbons (Fsp3) is 0.381. The average Bonchev–Trinajstić information content (AvgIpc) is 2.68. The zero-order valence-corrected chi connectivity index (χ0v) is 16.3. The molecule has 0 radical (unpaired) electrons. The van der Waals surface area contributed by atoms with Crippen molar-refractivity contribution in [3.63, 3.8) is 0 Å². The molecule has 27 heavy (non-hydrogen) atoms. The van der Waals surface area contributed by atoms with E-state index in [1.165, 1.54) is 0 Å². The Bertz CT molecular complexity index is 694. The molecule has 146 valence electrons. The van der Waals surface area contributed by atoms with Crippen molar-refractivity contribution < 1.29 is 14.3 Å². The lowest BCUT2D eigenvalue weighted by Gasteiger charge is -2.30. The molecule has 1 heterocycles. The molecule has 2 unspecified atom stereocenters. The lowest BCUT2D eigenvalue weighted by molar-refractivity contribution is -0.124. The largest absolute Gasteiger partial charge is 0.489 e. The third-order valence-corrected chi connectivity index (χ3v) is 4.62. The Hall–Kier alpha value is -2.24. The van der Waals surface area contributed by atoms with E-state index >= 15 is 0 Å². The minimum Gasteiger partial charge on any atom is -0.489 e. The van der Waals surface area contributed by atoms with Crippen LogP contribution in [0.25, 0.3) is 0 Å². The van der Waals surface area contributed by atoms with Gasteiger partial charge >= 0.3 is 0 Å². The van der Waals surface area contributed by atoms with Crippen LogP contribution in [0, 0.1) is 5.92 Å². The summed E-state index contributed by atoms with van der Waals surface area (Å²) in [4.78, 5) is 12.1. The van der Waals surface area contributed by atoms with Gasteiger partial charge in [0.1, 0.15) is 18.1 Å². The van der Waals surface area contributed by atoms with Gasteiger partial charge in [-0.3, -0.25) is 4.79 Å². The molecule has 0 saturated carbocycles. The Balaban J connectivity index is 0.00000261. The maximum Gasteiger partial charge on any atom is 0.258 e. The van der Waals surface area contributed by atoms with Crippen LogP contribution in [0.3, 0.4) is 0 Å². The van der Waals surface area contributed by atoms with Gasteiger partial charge in [0.2, 0.25) is 0 Å². The van der Waals surface area contributed by atoms with Crippen molar-refractivity contribution in [2.75, 3.05) is 19.7 Å². The van der Waals surface area contributed by atoms with Gasteiger partial charge in [0, 0.05) is 12.6 Å². The molecule has 2 aromatic rings. The van der Waals surface area contributed by atoms with Crippen molar-refractivity contribution >= 4 is 18.3 Å². The smallest absolute Gasteiger partial charge is 0.258 e. The van der Waals surface area contributed by atoms with Gasteiger partial charge in [-0.05, 0) is 48.7 Å². The first-order valence-electron chi connectivity index (χ1n) is 9.10. The second-order valence-corrected chi connectivity index (χ2v) is 6.68. The molecule has 1 amide bonds. The number of piperidine rings is 1. The zero-order chi connectivity index (χ0) is 18.2. The lowest BCUT2D eigenvalue weighted by Crippen LogP contribution is -2.51. The van der Waals surface area contributed by atoms with Gasteiger partial charge in [0.15, 0.2) is 6.61 Å². The first-order valence-corrected chi connectivity index (χ1v) is 9.10. The highest BCUT2D eigenvalue weighted by Gasteiger charge is 2.22. The molecule has 2 aromatic carbocycles. The fourth-order valence-corrected chi connectivity index (χ4v) is 2.95. The van der Waals surface area contributed by atoms with Gasteiger partial charge in [-0.25, -0.2) is 0 Å². The first-order chi connectivity index (χ1) is 12.7. The lowest BCUT2D eigenvalue weighted by atomic mass is 9.95. The number of halogens is 1. The predicted octanol–water partition coefficient (Wildman–Crippen LogP) is 3.18. The number of amides is 1. The summed E-state index contributed by atoms with van der Waals surface area (Å²) < 4.78 is 11.3. The molecule has 1 aliphatic rings. The summed E-state index contributed by atoms with van der Waals surface area (Å²) in [7, 11) is 0. The fourth-order valence-electron chi connectivity index (χ4n) is 2.95. The van der Waals surface area contributed by atoms with Crippen LogP contribution >= 0.6 is 12.4 Å². The Morgan fingerprint density at radius 3 is 2.41 bits per heavy atom. The molecule has 0 aliphatic carbocycles. The third-order valence-electron chi connectivity index (χ3n) is 4.62. The van der Waals surface area contributed by atoms with Crippen molar-refractivity contribution in [1.29, 1.82) is 0 Å². The van der Waals surface area contributed by atoms with E-state index in [2.05, 4.69) is 17.6 Å². The van der Waals surface area contributed by atoms with E-state index in [1.807, 2.05) is 54.6 Å². The molecule has 0 bridgehead atoms. The topological polar surface area (TPSA) is 59.6 Å². The van der Waals surface area contributed by atoms with E-state index in [0.29, 0.717) is 18.3 Å². The monoisotopic (exact) mass is 390 g/mol. The number of hydrogen-bond acceptors (Lipinski definition) is 4. The summed E-state index contributed by atoms with van der Waals surface area (Å²) >= 11 is 0. The summed E-state index contributed by atoms with van der Waals surface area (Å²) in [5.41, 5.74) is 1.12. The number of carbonyl (C=O) groups is 1. The molecule has 6 heteroatoms. The first kappa shape index (κ1) is 21.1. The van der Waals surface area contributed by atoms with Crippen molar-refractivity contribution in [3.05, 3.63) is 60.2 Å². The maximum absolute atomic E-state index is 12.1. The van der Waals surface area contributed by atoms with Crippen LogP contribution in [0.15, 0.2) is 54.6 Å². The highest BCUT2D eigenvalue weighted by atomic mass is 35.5. The van der Waals surface area contributed by atoms with Crippen molar-refractivity contribution in [2.45, 2.75) is 26.0 Å². The molecule has 1 saturated heterocycles. The van der Waals surface area contributed by atoms with E-state index in [1.54, 1.807) is 0 Å². The van der Waals surface area contributed by atoms with Gasteiger partial charge in [-0.15, -0.1) is 12.4 Å². The second kappa shape index (κ2) is 10.8. The normalized spacial score (nSPS) is 18.9. The molecule has 2 atom stereocenters. The summed E-state index contributed by atoms with van der Waals surface area (Å²) in [6, 6.07) is 17.5. The van der Waals surface area contributed by atoms with Gasteiger partial charge in [0.25, 0.3) is 5.91 Å². The van der Waals surface area contributed by atoms with Gasteiger partial charge in [-0.2, -0.15) is 0 Å². The molecule has 0 aromatic heterocycles. The summed E-state index contributed by atoms with van der Waals surface area (Å²) in [6.07, 6.45) is 1.08. The SMILES string of the molecule is CC1CCNCC1NC(=O)COc1ccc(OCc2ccccc2)cc1.Cl. The zero-order valence-electron chi connectivity index (χ0n) is 15.5. The third kappa shape index (κ3) is 6.77. The van der Waals surface area contributed by atoms with E-state index in [4.69, 9.17) is 9.47 Å². The van der Waals surface area contributed by atoms with Crippen LogP contribution in [0.5, 0.6) is 11.5 Å². The molecular weight excluding hydrogens is 364 g/mol. The summed E-state index contributed by atoms with van der Waals surface area (Å²) in [5, 5.41) is 6.34. The molecule has 2 N–H and O–H groups in total. The quantitative estimate of drug-likeness (QED) is 0.762. The number of benzene rings is 2. The van der Waals surface area contributed by atoms with Crippen LogP contribution in [-0.2, 0) is 11.4 Å². The van der Waals surface area contributed by atoms with Gasteiger partial charge < -0.3 is 20.1 Å². The van der Waals surface area contributed by atoms with E-state index in [9.17, 15) is 4.79 Å². The van der Waals surface area contributed by atoms with E-state index in [-0.39, 0.29) is 31.0 Å². The summed E-state index contributed by atoms with van der Waals surface area (Å²) in [6.45, 7) is 4.55. The number of hydrogen-bond donors (Lipinski definition) is 2. The molecular formula is C21H27ClN2O3. The van der Waals surface area contributed by atoms with Crippen molar-refractivity contribution in [3.8, 4) is 11.5 Å². The van der Waals surface area contributed by atoms with Crippen LogP contribution in [0.2, 0.25) is 0 Å². The Kier molecular flexibility index (Phi) is 8.43. The molecule has 3 rings (SSSR count).